The molecule has 21 heavy (non-hydrogen) atoms. The summed E-state index contributed by atoms with van der Waals surface area (Å²) < 4.78 is 4.78. The number of benzene rings is 1. The summed E-state index contributed by atoms with van der Waals surface area (Å²) in [5, 5.41) is 3.88. The summed E-state index contributed by atoms with van der Waals surface area (Å²) >= 11 is 13.1. The van der Waals surface area contributed by atoms with Gasteiger partial charge in [0.1, 0.15) is 0 Å². The second-order valence-corrected chi connectivity index (χ2v) is 6.08. The van der Waals surface area contributed by atoms with Crippen LogP contribution in [-0.4, -0.2) is 30.0 Å². The van der Waals surface area contributed by atoms with Crippen molar-refractivity contribution in [1.29, 1.82) is 0 Å². The molecule has 0 aliphatic rings. The van der Waals surface area contributed by atoms with Gasteiger partial charge in [-0.25, -0.2) is 0 Å². The first-order valence-electron chi connectivity index (χ1n) is 6.41. The lowest BCUT2D eigenvalue weighted by molar-refractivity contribution is -0.139. The van der Waals surface area contributed by atoms with Gasteiger partial charge in [-0.3, -0.25) is 9.59 Å². The summed E-state index contributed by atoms with van der Waals surface area (Å²) in [6, 6.07) is 4.91. The monoisotopic (exact) mass is 349 g/mol. The number of nitrogens with one attached hydrogen (secondary N) is 1. The van der Waals surface area contributed by atoms with Crippen LogP contribution in [0, 0.1) is 0 Å². The fourth-order valence-electron chi connectivity index (χ4n) is 1.64. The molecule has 1 rings (SSSR count). The van der Waals surface area contributed by atoms with E-state index in [-0.39, 0.29) is 29.4 Å². The largest absolute Gasteiger partial charge is 0.465 e. The van der Waals surface area contributed by atoms with E-state index in [1.807, 2.05) is 6.92 Å². The Balaban J connectivity index is 2.42. The first-order chi connectivity index (χ1) is 9.93. The van der Waals surface area contributed by atoms with Crippen LogP contribution >= 0.6 is 35.0 Å². The van der Waals surface area contributed by atoms with Gasteiger partial charge in [0.25, 0.3) is 0 Å². The number of hydrogen-bond donors (Lipinski definition) is 1. The van der Waals surface area contributed by atoms with Gasteiger partial charge in [-0.1, -0.05) is 29.3 Å². The molecule has 0 fully saturated rings. The second-order valence-electron chi connectivity index (χ2n) is 4.25. The third-order valence-electron chi connectivity index (χ3n) is 2.56. The Morgan fingerprint density at radius 3 is 2.67 bits per heavy atom. The van der Waals surface area contributed by atoms with Crippen molar-refractivity contribution >= 4 is 46.8 Å². The molecule has 1 N–H and O–H groups in total. The second kappa shape index (κ2) is 9.18. The molecule has 0 saturated carbocycles. The van der Waals surface area contributed by atoms with E-state index in [2.05, 4.69) is 5.32 Å². The first kappa shape index (κ1) is 18.1. The van der Waals surface area contributed by atoms with E-state index in [0.29, 0.717) is 16.7 Å². The minimum Gasteiger partial charge on any atom is -0.465 e. The number of thioether (sulfide) groups is 1. The smallest absolute Gasteiger partial charge is 0.315 e. The lowest BCUT2D eigenvalue weighted by Crippen LogP contribution is -2.28. The van der Waals surface area contributed by atoms with E-state index in [1.165, 1.54) is 11.8 Å². The highest BCUT2D eigenvalue weighted by molar-refractivity contribution is 8.00. The third-order valence-corrected chi connectivity index (χ3v) is 4.03. The number of carbonyl (C=O) groups is 2. The molecule has 0 heterocycles. The summed E-state index contributed by atoms with van der Waals surface area (Å²) in [4.78, 5) is 22.9. The normalized spacial score (nSPS) is 11.8. The number of halogens is 2. The van der Waals surface area contributed by atoms with Crippen molar-refractivity contribution < 1.29 is 14.3 Å². The number of rotatable bonds is 7. The minimum atomic E-state index is -0.316. The zero-order valence-electron chi connectivity index (χ0n) is 11.8. The SMILES string of the molecule is CCOC(=O)CSCC(=O)N[C@@H](C)c1ccc(Cl)cc1Cl. The predicted molar refractivity (Wildman–Crippen MR) is 87.0 cm³/mol. The van der Waals surface area contributed by atoms with E-state index in [4.69, 9.17) is 27.9 Å². The van der Waals surface area contributed by atoms with Crippen molar-refractivity contribution in [2.24, 2.45) is 0 Å². The topological polar surface area (TPSA) is 55.4 Å². The lowest BCUT2D eigenvalue weighted by Gasteiger charge is -2.15. The Morgan fingerprint density at radius 1 is 1.33 bits per heavy atom. The molecule has 1 aromatic carbocycles. The van der Waals surface area contributed by atoms with E-state index >= 15 is 0 Å². The van der Waals surface area contributed by atoms with Crippen LogP contribution in [0.15, 0.2) is 18.2 Å². The number of amides is 1. The van der Waals surface area contributed by atoms with Crippen LogP contribution in [0.1, 0.15) is 25.5 Å². The molecule has 0 unspecified atom stereocenters. The number of hydrogen-bond acceptors (Lipinski definition) is 4. The molecule has 7 heteroatoms. The highest BCUT2D eigenvalue weighted by Crippen LogP contribution is 2.26. The maximum absolute atomic E-state index is 11.8. The van der Waals surface area contributed by atoms with Crippen LogP contribution in [0.3, 0.4) is 0 Å². The molecule has 0 aliphatic carbocycles. The molecule has 4 nitrogen and oxygen atoms in total. The summed E-state index contributed by atoms with van der Waals surface area (Å²) in [7, 11) is 0. The fraction of sp³-hybridized carbons (Fsp3) is 0.429. The van der Waals surface area contributed by atoms with Crippen LogP contribution in [0.4, 0.5) is 0 Å². The third kappa shape index (κ3) is 6.59. The van der Waals surface area contributed by atoms with Gasteiger partial charge in [0.05, 0.1) is 24.2 Å². The van der Waals surface area contributed by atoms with Crippen LogP contribution in [0.5, 0.6) is 0 Å². The van der Waals surface area contributed by atoms with Gasteiger partial charge in [-0.15, -0.1) is 11.8 Å². The molecule has 0 aromatic heterocycles. The van der Waals surface area contributed by atoms with Gasteiger partial charge in [0.15, 0.2) is 0 Å². The van der Waals surface area contributed by atoms with Gasteiger partial charge in [0, 0.05) is 10.0 Å². The van der Waals surface area contributed by atoms with Gasteiger partial charge in [-0.05, 0) is 31.5 Å². The Hall–Kier alpha value is -0.910. The molecule has 116 valence electrons. The van der Waals surface area contributed by atoms with Gasteiger partial charge in [0.2, 0.25) is 5.91 Å². The Kier molecular flexibility index (Phi) is 7.93. The zero-order valence-corrected chi connectivity index (χ0v) is 14.1. The van der Waals surface area contributed by atoms with E-state index < -0.39 is 0 Å². The summed E-state index contributed by atoms with van der Waals surface area (Å²) in [5.41, 5.74) is 0.796. The molecule has 1 amide bonds. The van der Waals surface area contributed by atoms with Crippen LogP contribution in [-0.2, 0) is 14.3 Å². The first-order valence-corrected chi connectivity index (χ1v) is 8.32. The lowest BCUT2D eigenvalue weighted by atomic mass is 10.1. The van der Waals surface area contributed by atoms with Gasteiger partial charge < -0.3 is 10.1 Å². The summed E-state index contributed by atoms with van der Waals surface area (Å²) in [6.07, 6.45) is 0. The number of ether oxygens (including phenoxy) is 1. The van der Waals surface area contributed by atoms with E-state index in [1.54, 1.807) is 25.1 Å². The minimum absolute atomic E-state index is 0.164. The average molecular weight is 350 g/mol. The molecule has 0 spiro atoms. The zero-order chi connectivity index (χ0) is 15.8. The Labute approximate surface area is 138 Å². The molecule has 1 aromatic rings. The van der Waals surface area contributed by atoms with Crippen molar-refractivity contribution in [3.63, 3.8) is 0 Å². The van der Waals surface area contributed by atoms with Crippen LogP contribution < -0.4 is 5.32 Å². The number of esters is 1. The van der Waals surface area contributed by atoms with Crippen molar-refractivity contribution in [2.45, 2.75) is 19.9 Å². The standard InChI is InChI=1S/C14H17Cl2NO3S/c1-3-20-14(19)8-21-7-13(18)17-9(2)11-5-4-10(15)6-12(11)16/h4-6,9H,3,7-8H2,1-2H3,(H,17,18)/t9-/m0/s1. The van der Waals surface area contributed by atoms with Crippen molar-refractivity contribution in [3.05, 3.63) is 33.8 Å². The fourth-order valence-corrected chi connectivity index (χ4v) is 2.84. The Bertz CT molecular complexity index is 511. The maximum Gasteiger partial charge on any atom is 0.315 e. The maximum atomic E-state index is 11.8. The molecule has 0 radical (unpaired) electrons. The average Bonchev–Trinajstić information content (AvgIpc) is 2.38. The Morgan fingerprint density at radius 2 is 2.05 bits per heavy atom. The van der Waals surface area contributed by atoms with Gasteiger partial charge in [-0.2, -0.15) is 0 Å². The van der Waals surface area contributed by atoms with Crippen LogP contribution in [0.25, 0.3) is 0 Å². The molecule has 1 atom stereocenters. The van der Waals surface area contributed by atoms with Crippen molar-refractivity contribution in [3.8, 4) is 0 Å². The summed E-state index contributed by atoms with van der Waals surface area (Å²) in [5.74, 6) is -0.127. The molecule has 0 saturated heterocycles. The quantitative estimate of drug-likeness (QED) is 0.765. The van der Waals surface area contributed by atoms with E-state index in [9.17, 15) is 9.59 Å². The predicted octanol–water partition coefficient (Wildman–Crippen LogP) is 3.47. The number of carbonyl (C=O) groups excluding carboxylic acids is 2. The van der Waals surface area contributed by atoms with Gasteiger partial charge >= 0.3 is 5.97 Å². The molecular formula is C14H17Cl2NO3S. The highest BCUT2D eigenvalue weighted by Gasteiger charge is 2.13. The van der Waals surface area contributed by atoms with Crippen LogP contribution in [0.2, 0.25) is 10.0 Å². The van der Waals surface area contributed by atoms with Crippen molar-refractivity contribution in [2.75, 3.05) is 18.1 Å². The van der Waals surface area contributed by atoms with Crippen molar-refractivity contribution in [1.82, 2.24) is 5.32 Å². The molecule has 0 aliphatic heterocycles. The summed E-state index contributed by atoms with van der Waals surface area (Å²) in [6.45, 7) is 3.92. The van der Waals surface area contributed by atoms with E-state index in [0.717, 1.165) is 5.56 Å². The highest BCUT2D eigenvalue weighted by atomic mass is 35.5. The molecular weight excluding hydrogens is 333 g/mol. The molecule has 0 bridgehead atoms.